The second-order valence-corrected chi connectivity index (χ2v) is 6.34. The summed E-state index contributed by atoms with van der Waals surface area (Å²) in [5, 5.41) is 9.89. The summed E-state index contributed by atoms with van der Waals surface area (Å²) in [6.45, 7) is -3.12. The molecular formula is C18H14BrClF2O5. The number of benzene rings is 2. The topological polar surface area (TPSA) is 65.0 Å². The van der Waals surface area contributed by atoms with Gasteiger partial charge in [-0.05, 0) is 52.3 Å². The molecule has 27 heavy (non-hydrogen) atoms. The van der Waals surface area contributed by atoms with E-state index in [4.69, 9.17) is 21.1 Å². The predicted molar refractivity (Wildman–Crippen MR) is 99.8 cm³/mol. The largest absolute Gasteiger partial charge is 0.506 e. The maximum absolute atomic E-state index is 12.7. The van der Waals surface area contributed by atoms with Crippen molar-refractivity contribution in [3.63, 3.8) is 0 Å². The number of phenols is 1. The molecule has 0 bridgehead atoms. The number of rotatable bonds is 8. The minimum atomic E-state index is -3.05. The first-order valence-electron chi connectivity index (χ1n) is 7.43. The molecule has 0 spiro atoms. The van der Waals surface area contributed by atoms with Crippen molar-refractivity contribution >= 4 is 39.4 Å². The average molecular weight is 464 g/mol. The van der Waals surface area contributed by atoms with Gasteiger partial charge in [0.2, 0.25) is 0 Å². The van der Waals surface area contributed by atoms with E-state index in [0.717, 1.165) is 6.08 Å². The van der Waals surface area contributed by atoms with E-state index >= 15 is 0 Å². The molecule has 2 aromatic carbocycles. The number of carbonyl (C=O) groups excluding carboxylic acids is 1. The van der Waals surface area contributed by atoms with Crippen molar-refractivity contribution in [3.8, 4) is 17.2 Å². The summed E-state index contributed by atoms with van der Waals surface area (Å²) in [6, 6.07) is 7.02. The molecule has 9 heteroatoms. The van der Waals surface area contributed by atoms with E-state index in [2.05, 4.69) is 20.7 Å². The highest BCUT2D eigenvalue weighted by Crippen LogP contribution is 2.35. The third-order valence-electron chi connectivity index (χ3n) is 3.28. The minimum absolute atomic E-state index is 0.0230. The van der Waals surface area contributed by atoms with Gasteiger partial charge in [-0.1, -0.05) is 17.7 Å². The molecular weight excluding hydrogens is 450 g/mol. The molecule has 144 valence electrons. The first-order chi connectivity index (χ1) is 12.8. The SMILES string of the molecule is COCOc1cc(/C=C/C(=O)c2cccc(Cl)c2O)c(OC(F)F)cc1Br. The highest BCUT2D eigenvalue weighted by molar-refractivity contribution is 9.10. The molecule has 0 aliphatic rings. The van der Waals surface area contributed by atoms with Gasteiger partial charge in [0.15, 0.2) is 12.6 Å². The molecule has 0 atom stereocenters. The van der Waals surface area contributed by atoms with Crippen LogP contribution in [0, 0.1) is 0 Å². The van der Waals surface area contributed by atoms with Crippen LogP contribution in [0.3, 0.4) is 0 Å². The Hall–Kier alpha value is -2.16. The Balaban J connectivity index is 2.37. The Labute approximate surface area is 167 Å². The minimum Gasteiger partial charge on any atom is -0.506 e. The van der Waals surface area contributed by atoms with E-state index in [1.54, 1.807) is 0 Å². The number of methoxy groups -OCH3 is 1. The van der Waals surface area contributed by atoms with Crippen LogP contribution in [0.1, 0.15) is 15.9 Å². The van der Waals surface area contributed by atoms with Gasteiger partial charge in [-0.2, -0.15) is 8.78 Å². The molecule has 0 saturated carbocycles. The average Bonchev–Trinajstić information content (AvgIpc) is 2.61. The number of ketones is 1. The first kappa shape index (κ1) is 21.1. The first-order valence-corrected chi connectivity index (χ1v) is 8.60. The van der Waals surface area contributed by atoms with Crippen LogP contribution in [0.15, 0.2) is 40.9 Å². The lowest BCUT2D eigenvalue weighted by Crippen LogP contribution is -2.05. The van der Waals surface area contributed by atoms with Crippen LogP contribution in [0.25, 0.3) is 6.08 Å². The fourth-order valence-electron chi connectivity index (χ4n) is 2.08. The van der Waals surface area contributed by atoms with E-state index in [-0.39, 0.29) is 34.4 Å². The number of hydrogen-bond donors (Lipinski definition) is 1. The van der Waals surface area contributed by atoms with Crippen molar-refractivity contribution in [2.24, 2.45) is 0 Å². The van der Waals surface area contributed by atoms with E-state index in [9.17, 15) is 18.7 Å². The summed E-state index contributed by atoms with van der Waals surface area (Å²) < 4.78 is 40.3. The van der Waals surface area contributed by atoms with Crippen molar-refractivity contribution in [3.05, 3.63) is 57.0 Å². The maximum Gasteiger partial charge on any atom is 0.387 e. The smallest absolute Gasteiger partial charge is 0.387 e. The molecule has 0 heterocycles. The van der Waals surface area contributed by atoms with Crippen molar-refractivity contribution < 1.29 is 32.9 Å². The van der Waals surface area contributed by atoms with Gasteiger partial charge >= 0.3 is 6.61 Å². The predicted octanol–water partition coefficient (Wildman–Crippen LogP) is 5.29. The van der Waals surface area contributed by atoms with Crippen LogP contribution in [-0.4, -0.2) is 31.4 Å². The second-order valence-electron chi connectivity index (χ2n) is 5.08. The molecule has 0 aromatic heterocycles. The molecule has 0 aliphatic carbocycles. The standard InChI is InChI=1S/C18H14BrClF2O5/c1-25-9-26-16-7-10(15(8-12(16)19)27-18(21)22)5-6-14(23)11-3-2-4-13(20)17(11)24/h2-8,18,24H,9H2,1H3/b6-5+. The Morgan fingerprint density at radius 1 is 1.33 bits per heavy atom. The van der Waals surface area contributed by atoms with Crippen molar-refractivity contribution in [1.29, 1.82) is 0 Å². The van der Waals surface area contributed by atoms with Gasteiger partial charge in [0.25, 0.3) is 0 Å². The molecule has 5 nitrogen and oxygen atoms in total. The van der Waals surface area contributed by atoms with Gasteiger partial charge in [-0.15, -0.1) is 0 Å². The number of aromatic hydroxyl groups is 1. The summed E-state index contributed by atoms with van der Waals surface area (Å²) >= 11 is 8.97. The normalized spacial score (nSPS) is 11.2. The zero-order valence-electron chi connectivity index (χ0n) is 13.9. The zero-order valence-corrected chi connectivity index (χ0v) is 16.3. The highest BCUT2D eigenvalue weighted by atomic mass is 79.9. The molecule has 0 saturated heterocycles. The number of phenolic OH excluding ortho intramolecular Hbond substituents is 1. The van der Waals surface area contributed by atoms with Crippen LogP contribution in [0.4, 0.5) is 8.78 Å². The molecule has 1 N–H and O–H groups in total. The van der Waals surface area contributed by atoms with Gasteiger partial charge in [-0.3, -0.25) is 4.79 Å². The van der Waals surface area contributed by atoms with E-state index in [0.29, 0.717) is 10.2 Å². The third kappa shape index (κ3) is 5.66. The van der Waals surface area contributed by atoms with Gasteiger partial charge in [0.1, 0.15) is 17.2 Å². The van der Waals surface area contributed by atoms with Crippen LogP contribution >= 0.6 is 27.5 Å². The number of alkyl halides is 2. The van der Waals surface area contributed by atoms with Crippen LogP contribution in [-0.2, 0) is 4.74 Å². The molecule has 2 aromatic rings. The molecule has 0 aliphatic heterocycles. The molecule has 0 fully saturated rings. The van der Waals surface area contributed by atoms with Crippen molar-refractivity contribution in [1.82, 2.24) is 0 Å². The Kier molecular flexibility index (Phi) is 7.58. The lowest BCUT2D eigenvalue weighted by molar-refractivity contribution is -0.0501. The summed E-state index contributed by atoms with van der Waals surface area (Å²) in [4.78, 5) is 12.3. The molecule has 2 rings (SSSR count). The molecule has 0 radical (unpaired) electrons. The Morgan fingerprint density at radius 2 is 2.07 bits per heavy atom. The quantitative estimate of drug-likeness (QED) is 0.327. The molecule has 0 unspecified atom stereocenters. The fraction of sp³-hybridized carbons (Fsp3) is 0.167. The molecule has 0 amide bonds. The van der Waals surface area contributed by atoms with Crippen LogP contribution in [0.5, 0.6) is 17.2 Å². The summed E-state index contributed by atoms with van der Waals surface area (Å²) in [7, 11) is 1.43. The number of ether oxygens (including phenoxy) is 3. The fourth-order valence-corrected chi connectivity index (χ4v) is 2.69. The second kappa shape index (κ2) is 9.68. The van der Waals surface area contributed by atoms with E-state index in [1.807, 2.05) is 0 Å². The van der Waals surface area contributed by atoms with Crippen LogP contribution in [0.2, 0.25) is 5.02 Å². The number of carbonyl (C=O) groups is 1. The zero-order chi connectivity index (χ0) is 20.0. The van der Waals surface area contributed by atoms with E-state index in [1.165, 1.54) is 43.5 Å². The highest BCUT2D eigenvalue weighted by Gasteiger charge is 2.15. The Morgan fingerprint density at radius 3 is 2.74 bits per heavy atom. The third-order valence-corrected chi connectivity index (χ3v) is 4.20. The van der Waals surface area contributed by atoms with Gasteiger partial charge < -0.3 is 19.3 Å². The number of hydrogen-bond acceptors (Lipinski definition) is 5. The van der Waals surface area contributed by atoms with E-state index < -0.39 is 12.4 Å². The maximum atomic E-state index is 12.7. The lowest BCUT2D eigenvalue weighted by Gasteiger charge is -2.13. The number of halogens is 4. The van der Waals surface area contributed by atoms with Gasteiger partial charge in [0, 0.05) is 12.7 Å². The lowest BCUT2D eigenvalue weighted by atomic mass is 10.1. The Bertz CT molecular complexity index is 858. The summed E-state index contributed by atoms with van der Waals surface area (Å²) in [5.41, 5.74) is 0.141. The number of para-hydroxylation sites is 1. The number of allylic oxidation sites excluding steroid dienone is 1. The van der Waals surface area contributed by atoms with Crippen molar-refractivity contribution in [2.45, 2.75) is 6.61 Å². The van der Waals surface area contributed by atoms with Gasteiger partial charge in [-0.25, -0.2) is 0 Å². The summed E-state index contributed by atoms with van der Waals surface area (Å²) in [5.74, 6) is -0.796. The van der Waals surface area contributed by atoms with Crippen LogP contribution < -0.4 is 9.47 Å². The monoisotopic (exact) mass is 462 g/mol. The van der Waals surface area contributed by atoms with Gasteiger partial charge in [0.05, 0.1) is 15.1 Å². The summed E-state index contributed by atoms with van der Waals surface area (Å²) in [6.07, 6.45) is 2.37. The van der Waals surface area contributed by atoms with Crippen molar-refractivity contribution in [2.75, 3.05) is 13.9 Å².